The van der Waals surface area contributed by atoms with E-state index in [1.54, 1.807) is 0 Å². The zero-order valence-electron chi connectivity index (χ0n) is 13.2. The highest BCUT2D eigenvalue weighted by Gasteiger charge is 2.35. The van der Waals surface area contributed by atoms with Gasteiger partial charge in [-0.3, -0.25) is 4.90 Å². The third-order valence-electron chi connectivity index (χ3n) is 5.44. The van der Waals surface area contributed by atoms with E-state index in [1.807, 2.05) is 0 Å². The maximum atomic E-state index is 4.77. The molecule has 4 nitrogen and oxygen atoms in total. The van der Waals surface area contributed by atoms with E-state index in [0.29, 0.717) is 12.1 Å². The van der Waals surface area contributed by atoms with Crippen LogP contribution in [0, 0.1) is 6.92 Å². The molecule has 1 aliphatic heterocycles. The van der Waals surface area contributed by atoms with Crippen molar-refractivity contribution >= 4 is 5.95 Å². The molecule has 1 atom stereocenters. The molecule has 0 bridgehead atoms. The second kappa shape index (κ2) is 5.64. The van der Waals surface area contributed by atoms with E-state index in [4.69, 9.17) is 4.98 Å². The van der Waals surface area contributed by atoms with E-state index in [-0.39, 0.29) is 0 Å². The third-order valence-corrected chi connectivity index (χ3v) is 5.44. The minimum Gasteiger partial charge on any atom is -0.353 e. The van der Waals surface area contributed by atoms with Crippen molar-refractivity contribution in [3.63, 3.8) is 0 Å². The molecule has 0 aromatic carbocycles. The molecule has 1 aromatic heterocycles. The van der Waals surface area contributed by atoms with Crippen LogP contribution < -0.4 is 5.32 Å². The van der Waals surface area contributed by atoms with Crippen LogP contribution in [0.3, 0.4) is 0 Å². The Balaban J connectivity index is 1.46. The summed E-state index contributed by atoms with van der Waals surface area (Å²) in [5.41, 5.74) is 1.15. The van der Waals surface area contributed by atoms with Gasteiger partial charge in [-0.15, -0.1) is 0 Å². The molecule has 1 aromatic rings. The van der Waals surface area contributed by atoms with Gasteiger partial charge >= 0.3 is 0 Å². The van der Waals surface area contributed by atoms with Crippen molar-refractivity contribution in [2.45, 2.75) is 76.4 Å². The molecule has 2 heterocycles. The number of hydrogen-bond donors (Lipinski definition) is 1. The van der Waals surface area contributed by atoms with Crippen molar-refractivity contribution < 1.29 is 0 Å². The first kappa shape index (κ1) is 13.6. The van der Waals surface area contributed by atoms with Gasteiger partial charge in [0, 0.05) is 31.4 Å². The van der Waals surface area contributed by atoms with Crippen LogP contribution in [0.1, 0.15) is 63.1 Å². The molecule has 0 radical (unpaired) electrons. The second-order valence-corrected chi connectivity index (χ2v) is 7.26. The van der Waals surface area contributed by atoms with Crippen LogP contribution in [-0.2, 0) is 0 Å². The largest absolute Gasteiger partial charge is 0.353 e. The predicted octanol–water partition coefficient (Wildman–Crippen LogP) is 3.35. The second-order valence-electron chi connectivity index (χ2n) is 7.26. The van der Waals surface area contributed by atoms with Crippen molar-refractivity contribution in [1.29, 1.82) is 0 Å². The normalized spacial score (nSPS) is 28.1. The van der Waals surface area contributed by atoms with Gasteiger partial charge in [-0.05, 0) is 39.0 Å². The first-order chi connectivity index (χ1) is 10.3. The number of nitrogens with zero attached hydrogens (tertiary/aromatic N) is 3. The zero-order valence-corrected chi connectivity index (χ0v) is 13.2. The van der Waals surface area contributed by atoms with Crippen LogP contribution in [0.2, 0.25) is 0 Å². The van der Waals surface area contributed by atoms with E-state index in [9.17, 15) is 0 Å². The Bertz CT molecular complexity index is 485. The smallest absolute Gasteiger partial charge is 0.203 e. The van der Waals surface area contributed by atoms with Crippen molar-refractivity contribution in [3.05, 3.63) is 11.9 Å². The monoisotopic (exact) mass is 288 g/mol. The van der Waals surface area contributed by atoms with Crippen LogP contribution in [-0.4, -0.2) is 39.6 Å². The molecule has 1 unspecified atom stereocenters. The Morgan fingerprint density at radius 2 is 1.86 bits per heavy atom. The lowest BCUT2D eigenvalue weighted by molar-refractivity contribution is 0.314. The fourth-order valence-corrected chi connectivity index (χ4v) is 4.10. The van der Waals surface area contributed by atoms with E-state index in [1.165, 1.54) is 64.5 Å². The highest BCUT2D eigenvalue weighted by atomic mass is 15.3. The molecule has 1 saturated heterocycles. The Morgan fingerprint density at radius 1 is 1.05 bits per heavy atom. The van der Waals surface area contributed by atoms with Gasteiger partial charge in [-0.1, -0.05) is 19.3 Å². The number of rotatable bonds is 4. The lowest BCUT2D eigenvalue weighted by atomic mass is 9.96. The van der Waals surface area contributed by atoms with Gasteiger partial charge in [0.25, 0.3) is 0 Å². The summed E-state index contributed by atoms with van der Waals surface area (Å²) in [4.78, 5) is 7.45. The molecule has 21 heavy (non-hydrogen) atoms. The van der Waals surface area contributed by atoms with Gasteiger partial charge in [0.05, 0.1) is 11.7 Å². The summed E-state index contributed by atoms with van der Waals surface area (Å²) in [5, 5.41) is 3.74. The first-order valence-electron chi connectivity index (χ1n) is 8.85. The average molecular weight is 288 g/mol. The van der Waals surface area contributed by atoms with Crippen molar-refractivity contribution in [2.75, 3.05) is 18.4 Å². The minimum atomic E-state index is 0.623. The lowest BCUT2D eigenvalue weighted by Gasteiger charge is -2.25. The maximum Gasteiger partial charge on any atom is 0.203 e. The van der Waals surface area contributed by atoms with E-state index < -0.39 is 0 Å². The van der Waals surface area contributed by atoms with E-state index in [2.05, 4.69) is 27.9 Å². The zero-order chi connectivity index (χ0) is 14.2. The number of imidazole rings is 1. The first-order valence-corrected chi connectivity index (χ1v) is 8.85. The summed E-state index contributed by atoms with van der Waals surface area (Å²) in [6, 6.07) is 2.16. The van der Waals surface area contributed by atoms with Crippen molar-refractivity contribution in [3.8, 4) is 0 Å². The Morgan fingerprint density at radius 3 is 2.62 bits per heavy atom. The molecule has 3 fully saturated rings. The molecule has 2 aliphatic carbocycles. The van der Waals surface area contributed by atoms with Gasteiger partial charge in [0.1, 0.15) is 0 Å². The number of hydrogen-bond acceptors (Lipinski definition) is 3. The van der Waals surface area contributed by atoms with Crippen LogP contribution >= 0.6 is 0 Å². The Hall–Kier alpha value is -1.03. The number of aromatic nitrogens is 2. The van der Waals surface area contributed by atoms with Crippen molar-refractivity contribution in [1.82, 2.24) is 14.5 Å². The molecule has 0 spiro atoms. The summed E-state index contributed by atoms with van der Waals surface area (Å²) in [6.07, 6.45) is 13.1. The molecule has 2 saturated carbocycles. The number of likely N-dealkylation sites (tertiary alicyclic amines) is 1. The Kier molecular flexibility index (Phi) is 3.66. The minimum absolute atomic E-state index is 0.623. The summed E-state index contributed by atoms with van der Waals surface area (Å²) >= 11 is 0. The number of nitrogens with one attached hydrogen (secondary N) is 1. The average Bonchev–Trinajstić information content (AvgIpc) is 3.11. The molecule has 1 N–H and O–H groups in total. The third kappa shape index (κ3) is 2.96. The molecule has 116 valence electrons. The standard InChI is InChI=1S/C17H28N4/c1-13-11-21(16-9-10-20(12-16)15-7-8-15)17(18-13)19-14-5-3-2-4-6-14/h11,14-16H,2-10,12H2,1H3,(H,18,19). The fraction of sp³-hybridized carbons (Fsp3) is 0.824. The van der Waals surface area contributed by atoms with Gasteiger partial charge in [0.15, 0.2) is 0 Å². The quantitative estimate of drug-likeness (QED) is 0.922. The number of anilines is 1. The highest BCUT2D eigenvalue weighted by Crippen LogP contribution is 2.35. The summed E-state index contributed by atoms with van der Waals surface area (Å²) in [6.45, 7) is 4.62. The SMILES string of the molecule is Cc1cn(C2CCN(C3CC3)C2)c(NC2CCCCC2)n1. The van der Waals surface area contributed by atoms with Crippen LogP contribution in [0.5, 0.6) is 0 Å². The maximum absolute atomic E-state index is 4.77. The molecule has 3 aliphatic rings. The van der Waals surface area contributed by atoms with Crippen molar-refractivity contribution in [2.24, 2.45) is 0 Å². The Labute approximate surface area is 127 Å². The molecular weight excluding hydrogens is 260 g/mol. The fourth-order valence-electron chi connectivity index (χ4n) is 4.10. The molecule has 4 rings (SSSR count). The van der Waals surface area contributed by atoms with E-state index >= 15 is 0 Å². The summed E-state index contributed by atoms with van der Waals surface area (Å²) < 4.78 is 2.44. The topological polar surface area (TPSA) is 33.1 Å². The van der Waals surface area contributed by atoms with Gasteiger partial charge in [-0.25, -0.2) is 4.98 Å². The van der Waals surface area contributed by atoms with Gasteiger partial charge in [0.2, 0.25) is 5.95 Å². The highest BCUT2D eigenvalue weighted by molar-refractivity contribution is 5.31. The molecular formula is C17H28N4. The van der Waals surface area contributed by atoms with E-state index in [0.717, 1.165) is 17.7 Å². The molecule has 4 heteroatoms. The van der Waals surface area contributed by atoms with Gasteiger partial charge < -0.3 is 9.88 Å². The lowest BCUT2D eigenvalue weighted by Crippen LogP contribution is -2.26. The van der Waals surface area contributed by atoms with Crippen LogP contribution in [0.25, 0.3) is 0 Å². The predicted molar refractivity (Wildman–Crippen MR) is 85.7 cm³/mol. The van der Waals surface area contributed by atoms with Gasteiger partial charge in [-0.2, -0.15) is 0 Å². The summed E-state index contributed by atoms with van der Waals surface area (Å²) in [7, 11) is 0. The number of aryl methyl sites for hydroxylation is 1. The summed E-state index contributed by atoms with van der Waals surface area (Å²) in [5.74, 6) is 1.13. The molecule has 0 amide bonds. The van der Waals surface area contributed by atoms with Crippen LogP contribution in [0.15, 0.2) is 6.20 Å². The van der Waals surface area contributed by atoms with Crippen LogP contribution in [0.4, 0.5) is 5.95 Å².